The van der Waals surface area contributed by atoms with Crippen LogP contribution in [0.5, 0.6) is 5.75 Å². The molecule has 2 aromatic carbocycles. The number of nitrogens with zero attached hydrogens (tertiary/aromatic N) is 2. The van der Waals surface area contributed by atoms with Crippen LogP contribution < -0.4 is 21.7 Å². The number of hydrogen-bond acceptors (Lipinski definition) is 8. The maximum atomic E-state index is 14.0. The molecule has 0 saturated carbocycles. The van der Waals surface area contributed by atoms with Crippen molar-refractivity contribution in [1.29, 1.82) is 0 Å². The summed E-state index contributed by atoms with van der Waals surface area (Å²) in [6.45, 7) is 3.72. The van der Waals surface area contributed by atoms with Gasteiger partial charge < -0.3 is 41.8 Å². The number of carbonyl (C=O) groups excluding carboxylic acids is 4. The van der Waals surface area contributed by atoms with Gasteiger partial charge in [0, 0.05) is 25.6 Å². The van der Waals surface area contributed by atoms with E-state index in [4.69, 9.17) is 5.73 Å². The van der Waals surface area contributed by atoms with E-state index in [1.54, 1.807) is 56.4 Å². The Labute approximate surface area is 278 Å². The van der Waals surface area contributed by atoms with Gasteiger partial charge in [0.2, 0.25) is 23.6 Å². The van der Waals surface area contributed by atoms with E-state index in [1.807, 2.05) is 6.07 Å². The van der Waals surface area contributed by atoms with Gasteiger partial charge in [0.1, 0.15) is 29.9 Å². The lowest BCUT2D eigenvalue weighted by Crippen LogP contribution is -2.60. The Morgan fingerprint density at radius 2 is 1.60 bits per heavy atom. The minimum Gasteiger partial charge on any atom is -0.508 e. The molecule has 14 nitrogen and oxygen atoms in total. The summed E-state index contributed by atoms with van der Waals surface area (Å²) in [7, 11) is 0. The minimum absolute atomic E-state index is 0.00377. The standard InChI is InChI=1S/C34H43N7O7/c1-20(2)29(40-30(43)25(35)15-22-10-12-24(42)13-11-22)32(45)38-26(17-23-18-36-19-37-23)33(46)41-14-6-9-28(41)31(44)39-27(34(47)48)16-21-7-4-3-5-8-21/h3-5,7-8,10-13,18-20,25-29,42H,6,9,14-17,35H2,1-2H3,(H,36,37)(H,38,45)(H,39,44)(H,40,43)(H,47,48)/t25-,26-,27-,28-,29-/m0/s1. The fourth-order valence-electron chi connectivity index (χ4n) is 5.67. The van der Waals surface area contributed by atoms with Gasteiger partial charge in [0.15, 0.2) is 0 Å². The number of nitrogens with one attached hydrogen (secondary N) is 4. The lowest BCUT2D eigenvalue weighted by molar-refractivity contribution is -0.145. The van der Waals surface area contributed by atoms with Gasteiger partial charge >= 0.3 is 5.97 Å². The first-order valence-electron chi connectivity index (χ1n) is 15.9. The minimum atomic E-state index is -1.20. The third-order valence-electron chi connectivity index (χ3n) is 8.29. The quantitative estimate of drug-likeness (QED) is 0.121. The monoisotopic (exact) mass is 661 g/mol. The van der Waals surface area contributed by atoms with Crippen LogP contribution in [0.4, 0.5) is 0 Å². The number of imidazole rings is 1. The van der Waals surface area contributed by atoms with E-state index in [0.717, 1.165) is 11.1 Å². The molecule has 256 valence electrons. The molecule has 0 spiro atoms. The number of rotatable bonds is 15. The molecule has 8 N–H and O–H groups in total. The van der Waals surface area contributed by atoms with E-state index >= 15 is 0 Å². The van der Waals surface area contributed by atoms with Crippen LogP contribution in [0, 0.1) is 5.92 Å². The molecular formula is C34H43N7O7. The van der Waals surface area contributed by atoms with Crippen LogP contribution >= 0.6 is 0 Å². The number of carbonyl (C=O) groups is 5. The zero-order valence-electron chi connectivity index (χ0n) is 27.0. The van der Waals surface area contributed by atoms with Crippen LogP contribution in [0.25, 0.3) is 0 Å². The molecular weight excluding hydrogens is 618 g/mol. The number of nitrogens with two attached hydrogens (primary N) is 1. The van der Waals surface area contributed by atoms with Crippen molar-refractivity contribution >= 4 is 29.6 Å². The van der Waals surface area contributed by atoms with Gasteiger partial charge in [-0.1, -0.05) is 56.3 Å². The fraction of sp³-hybridized carbons (Fsp3) is 0.412. The van der Waals surface area contributed by atoms with Gasteiger partial charge in [-0.25, -0.2) is 9.78 Å². The SMILES string of the molecule is CC(C)[C@H](NC(=O)[C@@H](N)Cc1ccc(O)cc1)C(=O)N[C@@H](Cc1c[nH]cn1)C(=O)N1CCC[C@H]1C(=O)N[C@@H](Cc1ccccc1)C(=O)O. The molecule has 48 heavy (non-hydrogen) atoms. The van der Waals surface area contributed by atoms with Crippen molar-refractivity contribution in [2.45, 2.75) is 76.2 Å². The molecule has 0 aliphatic carbocycles. The van der Waals surface area contributed by atoms with Crippen LogP contribution in [0.2, 0.25) is 0 Å². The lowest BCUT2D eigenvalue weighted by Gasteiger charge is -2.31. The average molecular weight is 662 g/mol. The predicted octanol–water partition coefficient (Wildman–Crippen LogP) is 0.657. The van der Waals surface area contributed by atoms with Gasteiger partial charge in [-0.2, -0.15) is 0 Å². The first-order valence-corrected chi connectivity index (χ1v) is 15.9. The average Bonchev–Trinajstić information content (AvgIpc) is 3.76. The molecule has 0 unspecified atom stereocenters. The Balaban J connectivity index is 1.46. The second-order valence-electron chi connectivity index (χ2n) is 12.3. The number of aromatic hydroxyl groups is 1. The molecule has 1 aliphatic heterocycles. The summed E-state index contributed by atoms with van der Waals surface area (Å²) in [4.78, 5) is 74.6. The molecule has 4 rings (SSSR count). The molecule has 1 saturated heterocycles. The van der Waals surface area contributed by atoms with Crippen molar-refractivity contribution in [2.75, 3.05) is 6.54 Å². The maximum absolute atomic E-state index is 14.0. The van der Waals surface area contributed by atoms with Crippen molar-refractivity contribution in [2.24, 2.45) is 11.7 Å². The molecule has 1 aromatic heterocycles. The highest BCUT2D eigenvalue weighted by Crippen LogP contribution is 2.21. The largest absolute Gasteiger partial charge is 0.508 e. The van der Waals surface area contributed by atoms with Crippen LogP contribution in [0.15, 0.2) is 67.1 Å². The van der Waals surface area contributed by atoms with E-state index < -0.39 is 59.8 Å². The maximum Gasteiger partial charge on any atom is 0.326 e. The number of H-pyrrole nitrogens is 1. The van der Waals surface area contributed by atoms with Crippen molar-refractivity contribution in [1.82, 2.24) is 30.8 Å². The van der Waals surface area contributed by atoms with Gasteiger partial charge in [0.05, 0.1) is 18.1 Å². The highest BCUT2D eigenvalue weighted by atomic mass is 16.4. The van der Waals surface area contributed by atoms with E-state index in [1.165, 1.54) is 23.4 Å². The smallest absolute Gasteiger partial charge is 0.326 e. The number of likely N-dealkylation sites (tertiary alicyclic amines) is 1. The van der Waals surface area contributed by atoms with Gasteiger partial charge in [0.25, 0.3) is 0 Å². The molecule has 3 aromatic rings. The van der Waals surface area contributed by atoms with Crippen LogP contribution in [0.1, 0.15) is 43.5 Å². The van der Waals surface area contributed by atoms with Crippen LogP contribution in [-0.2, 0) is 43.2 Å². The molecule has 2 heterocycles. The van der Waals surface area contributed by atoms with Gasteiger partial charge in [-0.3, -0.25) is 19.2 Å². The lowest BCUT2D eigenvalue weighted by atomic mass is 10.00. The Morgan fingerprint density at radius 3 is 2.23 bits per heavy atom. The number of hydrogen-bond donors (Lipinski definition) is 7. The zero-order chi connectivity index (χ0) is 34.8. The number of aromatic nitrogens is 2. The van der Waals surface area contributed by atoms with Crippen molar-refractivity contribution in [3.8, 4) is 5.75 Å². The number of benzene rings is 2. The van der Waals surface area contributed by atoms with E-state index in [0.29, 0.717) is 18.5 Å². The highest BCUT2D eigenvalue weighted by Gasteiger charge is 2.40. The molecule has 5 atom stereocenters. The first-order chi connectivity index (χ1) is 22.9. The molecule has 1 aliphatic rings. The van der Waals surface area contributed by atoms with Gasteiger partial charge in [-0.05, 0) is 48.4 Å². The first kappa shape index (κ1) is 35.6. The van der Waals surface area contributed by atoms with Crippen molar-refractivity contribution in [3.63, 3.8) is 0 Å². The number of amides is 4. The Bertz CT molecular complexity index is 1550. The summed E-state index contributed by atoms with van der Waals surface area (Å²) in [5.74, 6) is -3.79. The Hall–Kier alpha value is -5.24. The summed E-state index contributed by atoms with van der Waals surface area (Å²) >= 11 is 0. The normalized spacial score (nSPS) is 16.8. The Kier molecular flexibility index (Phi) is 12.3. The summed E-state index contributed by atoms with van der Waals surface area (Å²) < 4.78 is 0. The summed E-state index contributed by atoms with van der Waals surface area (Å²) in [5, 5.41) is 27.4. The number of aliphatic carboxylic acids is 1. The second-order valence-corrected chi connectivity index (χ2v) is 12.3. The summed E-state index contributed by atoms with van der Waals surface area (Å²) in [6, 6.07) is 9.89. The van der Waals surface area contributed by atoms with E-state index in [9.17, 15) is 34.2 Å². The molecule has 1 fully saturated rings. The second kappa shape index (κ2) is 16.5. The third kappa shape index (κ3) is 9.64. The number of carboxylic acid groups (broad SMARTS) is 1. The van der Waals surface area contributed by atoms with Crippen LogP contribution in [-0.4, -0.2) is 91.4 Å². The van der Waals surface area contributed by atoms with Gasteiger partial charge in [-0.15, -0.1) is 0 Å². The topological polar surface area (TPSA) is 220 Å². The summed E-state index contributed by atoms with van der Waals surface area (Å²) in [5.41, 5.74) is 8.10. The molecule has 14 heteroatoms. The Morgan fingerprint density at radius 1 is 0.917 bits per heavy atom. The fourth-order valence-corrected chi connectivity index (χ4v) is 5.67. The predicted molar refractivity (Wildman–Crippen MR) is 175 cm³/mol. The van der Waals surface area contributed by atoms with E-state index in [2.05, 4.69) is 25.9 Å². The molecule has 4 amide bonds. The number of aromatic amines is 1. The molecule has 0 bridgehead atoms. The zero-order valence-corrected chi connectivity index (χ0v) is 27.0. The van der Waals surface area contributed by atoms with Crippen LogP contribution in [0.3, 0.4) is 0 Å². The summed E-state index contributed by atoms with van der Waals surface area (Å²) in [6.07, 6.45) is 4.10. The van der Waals surface area contributed by atoms with Crippen molar-refractivity contribution in [3.05, 3.63) is 83.9 Å². The number of carboxylic acids is 1. The number of phenols is 1. The molecule has 0 radical (unpaired) electrons. The third-order valence-corrected chi connectivity index (χ3v) is 8.29. The van der Waals surface area contributed by atoms with Crippen molar-refractivity contribution < 1.29 is 34.2 Å². The highest BCUT2D eigenvalue weighted by molar-refractivity contribution is 5.96. The van der Waals surface area contributed by atoms with E-state index in [-0.39, 0.29) is 37.5 Å². The number of phenolic OH excluding ortho intramolecular Hbond substituents is 1.